The number of benzene rings is 1. The lowest BCUT2D eigenvalue weighted by Crippen LogP contribution is -2.45. The Morgan fingerprint density at radius 2 is 1.88 bits per heavy atom. The topological polar surface area (TPSA) is 52.7 Å². The van der Waals surface area contributed by atoms with Crippen LogP contribution in [0.2, 0.25) is 0 Å². The summed E-state index contributed by atoms with van der Waals surface area (Å²) >= 11 is 0. The molecule has 0 aliphatic carbocycles. The Bertz CT molecular complexity index is 386. The van der Waals surface area contributed by atoms with Gasteiger partial charge in [0.15, 0.2) is 0 Å². The summed E-state index contributed by atoms with van der Waals surface area (Å²) in [6, 6.07) is 5.50. The maximum absolute atomic E-state index is 9.90. The lowest BCUT2D eigenvalue weighted by molar-refractivity contribution is 0.118. The van der Waals surface area contributed by atoms with Crippen molar-refractivity contribution in [3.8, 4) is 5.75 Å². The Labute approximate surface area is 103 Å². The number of piperazine rings is 1. The first-order chi connectivity index (χ1) is 8.08. The monoisotopic (exact) mass is 235 g/mol. The lowest BCUT2D eigenvalue weighted by Gasteiger charge is -2.36. The van der Waals surface area contributed by atoms with Gasteiger partial charge in [-0.1, -0.05) is 0 Å². The molecular weight excluding hydrogens is 214 g/mol. The second-order valence-corrected chi connectivity index (χ2v) is 4.83. The predicted octanol–water partition coefficient (Wildman–Crippen LogP) is 1.28. The molecule has 1 atom stereocenters. The first kappa shape index (κ1) is 12.2. The zero-order valence-electron chi connectivity index (χ0n) is 10.6. The van der Waals surface area contributed by atoms with E-state index < -0.39 is 0 Å². The van der Waals surface area contributed by atoms with Crippen molar-refractivity contribution in [1.29, 1.82) is 0 Å². The van der Waals surface area contributed by atoms with E-state index in [0.29, 0.717) is 11.4 Å². The van der Waals surface area contributed by atoms with Gasteiger partial charge in [-0.2, -0.15) is 0 Å². The van der Waals surface area contributed by atoms with Crippen LogP contribution in [0, 0.1) is 0 Å². The van der Waals surface area contributed by atoms with Crippen molar-refractivity contribution in [2.75, 3.05) is 39.0 Å². The SMILES string of the molecule is CC(c1cc(N)ccc1O)N1CCN(C)CC1. The highest BCUT2D eigenvalue weighted by Gasteiger charge is 2.22. The number of nitrogens with zero attached hydrogens (tertiary/aromatic N) is 2. The Morgan fingerprint density at radius 1 is 1.24 bits per heavy atom. The molecule has 1 aliphatic heterocycles. The fourth-order valence-electron chi connectivity index (χ4n) is 2.31. The number of likely N-dealkylation sites (N-methyl/N-ethyl adjacent to an activating group) is 1. The van der Waals surface area contributed by atoms with E-state index in [9.17, 15) is 5.11 Å². The van der Waals surface area contributed by atoms with Gasteiger partial charge in [0.25, 0.3) is 0 Å². The van der Waals surface area contributed by atoms with E-state index in [2.05, 4.69) is 23.8 Å². The molecule has 4 nitrogen and oxygen atoms in total. The van der Waals surface area contributed by atoms with Gasteiger partial charge in [0.1, 0.15) is 5.75 Å². The van der Waals surface area contributed by atoms with Crippen molar-refractivity contribution in [3.63, 3.8) is 0 Å². The predicted molar refractivity (Wildman–Crippen MR) is 70.0 cm³/mol. The second kappa shape index (κ2) is 4.94. The molecule has 0 radical (unpaired) electrons. The van der Waals surface area contributed by atoms with Crippen LogP contribution in [-0.4, -0.2) is 48.1 Å². The van der Waals surface area contributed by atoms with Gasteiger partial charge >= 0.3 is 0 Å². The van der Waals surface area contributed by atoms with Crippen LogP contribution in [0.3, 0.4) is 0 Å². The largest absolute Gasteiger partial charge is 0.508 e. The smallest absolute Gasteiger partial charge is 0.120 e. The molecule has 2 rings (SSSR count). The summed E-state index contributed by atoms with van der Waals surface area (Å²) in [6.45, 7) is 6.35. The van der Waals surface area contributed by atoms with Crippen molar-refractivity contribution < 1.29 is 5.11 Å². The third kappa shape index (κ3) is 2.70. The number of anilines is 1. The molecule has 0 amide bonds. The van der Waals surface area contributed by atoms with Crippen molar-refractivity contribution in [2.45, 2.75) is 13.0 Å². The molecule has 94 valence electrons. The van der Waals surface area contributed by atoms with Crippen LogP contribution >= 0.6 is 0 Å². The van der Waals surface area contributed by atoms with Gasteiger partial charge in [0.2, 0.25) is 0 Å². The molecule has 4 heteroatoms. The molecule has 1 aromatic carbocycles. The minimum absolute atomic E-state index is 0.215. The number of aromatic hydroxyl groups is 1. The van der Waals surface area contributed by atoms with Gasteiger partial charge in [0.05, 0.1) is 0 Å². The molecule has 0 bridgehead atoms. The number of nitrogens with two attached hydrogens (primary N) is 1. The number of rotatable bonds is 2. The van der Waals surface area contributed by atoms with Gasteiger partial charge in [-0.3, -0.25) is 4.90 Å². The zero-order chi connectivity index (χ0) is 12.4. The molecule has 1 aromatic rings. The molecule has 1 saturated heterocycles. The van der Waals surface area contributed by atoms with Crippen molar-refractivity contribution in [2.24, 2.45) is 0 Å². The Morgan fingerprint density at radius 3 is 2.53 bits per heavy atom. The van der Waals surface area contributed by atoms with Gasteiger partial charge in [-0.15, -0.1) is 0 Å². The highest BCUT2D eigenvalue weighted by atomic mass is 16.3. The molecule has 1 aliphatic rings. The van der Waals surface area contributed by atoms with E-state index in [4.69, 9.17) is 5.73 Å². The number of hydrogen-bond acceptors (Lipinski definition) is 4. The van der Waals surface area contributed by atoms with Gasteiger partial charge < -0.3 is 15.7 Å². The first-order valence-electron chi connectivity index (χ1n) is 6.09. The van der Waals surface area contributed by atoms with Crippen LogP contribution in [0.5, 0.6) is 5.75 Å². The van der Waals surface area contributed by atoms with Crippen LogP contribution in [0.4, 0.5) is 5.69 Å². The molecule has 3 N–H and O–H groups in total. The molecule has 0 spiro atoms. The summed E-state index contributed by atoms with van der Waals surface area (Å²) in [5.41, 5.74) is 7.41. The standard InChI is InChI=1S/C13H21N3O/c1-10(16-7-5-15(2)6-8-16)12-9-11(14)3-4-13(12)17/h3-4,9-10,17H,5-8,14H2,1-2H3. The third-order valence-electron chi connectivity index (χ3n) is 3.59. The summed E-state index contributed by atoms with van der Waals surface area (Å²) in [5.74, 6) is 0.339. The molecule has 0 saturated carbocycles. The molecule has 17 heavy (non-hydrogen) atoms. The second-order valence-electron chi connectivity index (χ2n) is 4.83. The Kier molecular flexibility index (Phi) is 3.54. The van der Waals surface area contributed by atoms with Crippen LogP contribution < -0.4 is 5.73 Å². The zero-order valence-corrected chi connectivity index (χ0v) is 10.6. The number of phenols is 1. The van der Waals surface area contributed by atoms with Gasteiger partial charge in [-0.05, 0) is 32.2 Å². The summed E-state index contributed by atoms with van der Waals surface area (Å²) in [6.07, 6.45) is 0. The van der Waals surface area contributed by atoms with E-state index in [-0.39, 0.29) is 6.04 Å². The van der Waals surface area contributed by atoms with Crippen molar-refractivity contribution in [1.82, 2.24) is 9.80 Å². The summed E-state index contributed by atoms with van der Waals surface area (Å²) < 4.78 is 0. The Balaban J connectivity index is 2.13. The van der Waals surface area contributed by atoms with E-state index >= 15 is 0 Å². The minimum Gasteiger partial charge on any atom is -0.508 e. The number of nitrogen functional groups attached to an aromatic ring is 1. The third-order valence-corrected chi connectivity index (χ3v) is 3.59. The average Bonchev–Trinajstić information content (AvgIpc) is 2.32. The molecular formula is C13H21N3O. The van der Waals surface area contributed by atoms with Gasteiger partial charge in [-0.25, -0.2) is 0 Å². The fourth-order valence-corrected chi connectivity index (χ4v) is 2.31. The van der Waals surface area contributed by atoms with E-state index in [1.807, 2.05) is 6.07 Å². The van der Waals surface area contributed by atoms with Crippen molar-refractivity contribution >= 4 is 5.69 Å². The normalized spacial score (nSPS) is 20.4. The maximum Gasteiger partial charge on any atom is 0.120 e. The van der Waals surface area contributed by atoms with Crippen LogP contribution in [-0.2, 0) is 0 Å². The summed E-state index contributed by atoms with van der Waals surface area (Å²) in [5, 5.41) is 9.90. The molecule has 0 aromatic heterocycles. The highest BCUT2D eigenvalue weighted by molar-refractivity contribution is 5.48. The van der Waals surface area contributed by atoms with Crippen LogP contribution in [0.1, 0.15) is 18.5 Å². The fraction of sp³-hybridized carbons (Fsp3) is 0.538. The average molecular weight is 235 g/mol. The lowest BCUT2D eigenvalue weighted by atomic mass is 10.0. The quantitative estimate of drug-likeness (QED) is 0.599. The molecule has 1 fully saturated rings. The van der Waals surface area contributed by atoms with Gasteiger partial charge in [0, 0.05) is 43.5 Å². The van der Waals surface area contributed by atoms with E-state index in [1.54, 1.807) is 12.1 Å². The summed E-state index contributed by atoms with van der Waals surface area (Å²) in [4.78, 5) is 4.71. The number of hydrogen-bond donors (Lipinski definition) is 2. The van der Waals surface area contributed by atoms with Crippen LogP contribution in [0.25, 0.3) is 0 Å². The molecule has 1 heterocycles. The minimum atomic E-state index is 0.215. The van der Waals surface area contributed by atoms with E-state index in [1.165, 1.54) is 0 Å². The number of phenolic OH excluding ortho intramolecular Hbond substituents is 1. The maximum atomic E-state index is 9.90. The van der Waals surface area contributed by atoms with Crippen molar-refractivity contribution in [3.05, 3.63) is 23.8 Å². The first-order valence-corrected chi connectivity index (χ1v) is 6.09. The van der Waals surface area contributed by atoms with E-state index in [0.717, 1.165) is 31.7 Å². The summed E-state index contributed by atoms with van der Waals surface area (Å²) in [7, 11) is 2.14. The highest BCUT2D eigenvalue weighted by Crippen LogP contribution is 2.30. The Hall–Kier alpha value is -1.26. The molecule has 1 unspecified atom stereocenters. The van der Waals surface area contributed by atoms with Crippen LogP contribution in [0.15, 0.2) is 18.2 Å².